The van der Waals surface area contributed by atoms with Gasteiger partial charge in [0, 0.05) is 35.8 Å². The highest BCUT2D eigenvalue weighted by atomic mass is 35.5. The Labute approximate surface area is 234 Å². The maximum atomic E-state index is 15.1. The molecule has 3 saturated carbocycles. The highest BCUT2D eigenvalue weighted by Gasteiger charge is 2.48. The Kier molecular flexibility index (Phi) is 7.10. The lowest BCUT2D eigenvalue weighted by Gasteiger charge is -2.48. The third-order valence-corrected chi connectivity index (χ3v) is 8.41. The van der Waals surface area contributed by atoms with E-state index in [1.54, 1.807) is 12.3 Å². The molecule has 2 bridgehead atoms. The Balaban J connectivity index is 1.27. The maximum Gasteiger partial charge on any atom is 0.326 e. The van der Waals surface area contributed by atoms with Crippen molar-refractivity contribution in [3.63, 3.8) is 0 Å². The number of pyridine rings is 1. The molecule has 0 unspecified atom stereocenters. The number of benzene rings is 1. The fraction of sp³-hybridized carbons (Fsp3) is 0.345. The number of amides is 1. The first-order valence-corrected chi connectivity index (χ1v) is 13.7. The second kappa shape index (κ2) is 10.8. The van der Waals surface area contributed by atoms with Crippen molar-refractivity contribution in [3.05, 3.63) is 71.4 Å². The molecular weight excluding hydrogens is 535 g/mol. The third kappa shape index (κ3) is 5.11. The molecule has 11 heteroatoms. The number of nitrogens with one attached hydrogen (secondary N) is 3. The van der Waals surface area contributed by atoms with E-state index in [4.69, 9.17) is 11.6 Å². The van der Waals surface area contributed by atoms with Gasteiger partial charge in [-0.2, -0.15) is 0 Å². The first-order valence-electron chi connectivity index (χ1n) is 13.4. The summed E-state index contributed by atoms with van der Waals surface area (Å²) in [6, 6.07) is 9.48. The van der Waals surface area contributed by atoms with Crippen LogP contribution in [0.2, 0.25) is 5.02 Å². The van der Waals surface area contributed by atoms with Crippen LogP contribution in [0.3, 0.4) is 0 Å². The summed E-state index contributed by atoms with van der Waals surface area (Å²) in [6.45, 7) is 0. The molecule has 1 amide bonds. The van der Waals surface area contributed by atoms with Gasteiger partial charge in [-0.15, -0.1) is 0 Å². The molecule has 4 N–H and O–H groups in total. The van der Waals surface area contributed by atoms with E-state index in [9.17, 15) is 14.7 Å². The van der Waals surface area contributed by atoms with Crippen LogP contribution in [0.5, 0.6) is 0 Å². The number of nitrogens with zero attached hydrogens (tertiary/aromatic N) is 3. The highest BCUT2D eigenvalue weighted by molar-refractivity contribution is 6.31. The highest BCUT2D eigenvalue weighted by Crippen LogP contribution is 2.46. The summed E-state index contributed by atoms with van der Waals surface area (Å²) >= 11 is 6.14. The van der Waals surface area contributed by atoms with Crippen LogP contribution in [-0.4, -0.2) is 49.0 Å². The van der Waals surface area contributed by atoms with Crippen molar-refractivity contribution in [2.75, 3.05) is 5.32 Å². The molecule has 3 heterocycles. The van der Waals surface area contributed by atoms with E-state index in [2.05, 4.69) is 30.6 Å². The smallest absolute Gasteiger partial charge is 0.326 e. The summed E-state index contributed by atoms with van der Waals surface area (Å²) in [5, 5.41) is 17.0. The topological polar surface area (TPSA) is 133 Å². The molecule has 0 saturated heterocycles. The monoisotopic (exact) mass is 562 g/mol. The number of rotatable bonds is 8. The van der Waals surface area contributed by atoms with Gasteiger partial charge in [-0.05, 0) is 49.1 Å². The third-order valence-electron chi connectivity index (χ3n) is 8.21. The minimum atomic E-state index is -1.09. The molecule has 0 radical (unpaired) electrons. The minimum Gasteiger partial charge on any atom is -0.480 e. The molecule has 206 valence electrons. The molecule has 40 heavy (non-hydrogen) atoms. The zero-order valence-electron chi connectivity index (χ0n) is 21.5. The van der Waals surface area contributed by atoms with E-state index in [0.717, 1.165) is 37.4 Å². The lowest BCUT2D eigenvalue weighted by molar-refractivity contribution is -0.143. The Hall–Kier alpha value is -4.05. The Morgan fingerprint density at radius 3 is 2.60 bits per heavy atom. The van der Waals surface area contributed by atoms with Crippen molar-refractivity contribution < 1.29 is 19.1 Å². The number of aromatic nitrogens is 4. The molecule has 9 nitrogen and oxygen atoms in total. The maximum absolute atomic E-state index is 15.1. The number of halogens is 2. The van der Waals surface area contributed by atoms with Crippen LogP contribution >= 0.6 is 11.6 Å². The summed E-state index contributed by atoms with van der Waals surface area (Å²) in [5.74, 6) is -2.08. The molecule has 1 aromatic carbocycles. The molecule has 0 spiro atoms. The summed E-state index contributed by atoms with van der Waals surface area (Å²) < 4.78 is 15.1. The Morgan fingerprint density at radius 2 is 1.85 bits per heavy atom. The van der Waals surface area contributed by atoms with Gasteiger partial charge in [-0.1, -0.05) is 41.9 Å². The number of aliphatic carboxylic acids is 1. The van der Waals surface area contributed by atoms with E-state index in [1.807, 2.05) is 30.3 Å². The van der Waals surface area contributed by atoms with Crippen molar-refractivity contribution in [1.29, 1.82) is 0 Å². The van der Waals surface area contributed by atoms with Crippen molar-refractivity contribution >= 4 is 40.3 Å². The van der Waals surface area contributed by atoms with Crippen LogP contribution in [0.25, 0.3) is 22.4 Å². The van der Waals surface area contributed by atoms with Crippen LogP contribution < -0.4 is 10.6 Å². The number of H-pyrrole nitrogens is 1. The lowest BCUT2D eigenvalue weighted by atomic mass is 9.61. The quantitative estimate of drug-likeness (QED) is 0.241. The predicted octanol–water partition coefficient (Wildman–Crippen LogP) is 4.84. The number of anilines is 1. The molecule has 3 aliphatic rings. The van der Waals surface area contributed by atoms with Gasteiger partial charge in [-0.25, -0.2) is 24.1 Å². The molecule has 4 aromatic rings. The van der Waals surface area contributed by atoms with E-state index in [0.29, 0.717) is 21.6 Å². The summed E-state index contributed by atoms with van der Waals surface area (Å²) in [4.78, 5) is 41.7. The summed E-state index contributed by atoms with van der Waals surface area (Å²) in [7, 11) is 0. The van der Waals surface area contributed by atoms with Gasteiger partial charge < -0.3 is 20.7 Å². The first kappa shape index (κ1) is 26.2. The molecule has 7 rings (SSSR count). The van der Waals surface area contributed by atoms with Gasteiger partial charge in [0.1, 0.15) is 11.7 Å². The van der Waals surface area contributed by atoms with E-state index in [1.165, 1.54) is 6.20 Å². The average Bonchev–Trinajstić information content (AvgIpc) is 3.38. The van der Waals surface area contributed by atoms with E-state index in [-0.39, 0.29) is 35.8 Å². The second-order valence-corrected chi connectivity index (χ2v) is 11.0. The lowest BCUT2D eigenvalue weighted by Crippen LogP contribution is -2.56. The van der Waals surface area contributed by atoms with Crippen molar-refractivity contribution in [2.24, 2.45) is 17.8 Å². The van der Waals surface area contributed by atoms with Gasteiger partial charge >= 0.3 is 5.97 Å². The SMILES string of the molecule is O=C(O)[C@H](Cc1ccccc1)NC(=O)[C@H]1C2CCC(CC2)[C@@H]1Nc1nc(-c2c[nH]c3ncc(Cl)cc23)ncc1F. The normalized spacial score (nSPS) is 22.6. The molecule has 0 aliphatic heterocycles. The first-order chi connectivity index (χ1) is 19.4. The van der Waals surface area contributed by atoms with Crippen LogP contribution in [0.15, 0.2) is 55.0 Å². The Bertz CT molecular complexity index is 1560. The number of hydrogen-bond donors (Lipinski definition) is 4. The molecule has 3 aromatic heterocycles. The fourth-order valence-corrected chi connectivity index (χ4v) is 6.43. The number of aromatic amines is 1. The van der Waals surface area contributed by atoms with E-state index < -0.39 is 29.8 Å². The number of carboxylic acids is 1. The largest absolute Gasteiger partial charge is 0.480 e. The zero-order valence-corrected chi connectivity index (χ0v) is 22.2. The fourth-order valence-electron chi connectivity index (χ4n) is 6.27. The summed E-state index contributed by atoms with van der Waals surface area (Å²) in [6.07, 6.45) is 8.07. The van der Waals surface area contributed by atoms with Gasteiger partial charge in [0.05, 0.1) is 17.1 Å². The van der Waals surface area contributed by atoms with Crippen LogP contribution in [0.1, 0.15) is 31.2 Å². The van der Waals surface area contributed by atoms with Gasteiger partial charge in [0.15, 0.2) is 17.5 Å². The number of hydrogen-bond acceptors (Lipinski definition) is 6. The van der Waals surface area contributed by atoms with Gasteiger partial charge in [-0.3, -0.25) is 4.79 Å². The minimum absolute atomic E-state index is 0.00348. The van der Waals surface area contributed by atoms with Crippen molar-refractivity contribution in [2.45, 2.75) is 44.2 Å². The number of carbonyl (C=O) groups excluding carboxylic acids is 1. The molecule has 3 atom stereocenters. The summed E-state index contributed by atoms with van der Waals surface area (Å²) in [5.41, 5.74) is 2.05. The van der Waals surface area contributed by atoms with Crippen LogP contribution in [-0.2, 0) is 16.0 Å². The number of carbonyl (C=O) groups is 2. The predicted molar refractivity (Wildman–Crippen MR) is 148 cm³/mol. The van der Waals surface area contributed by atoms with Crippen LogP contribution in [0, 0.1) is 23.6 Å². The van der Waals surface area contributed by atoms with Gasteiger partial charge in [0.25, 0.3) is 0 Å². The van der Waals surface area contributed by atoms with Crippen molar-refractivity contribution in [3.8, 4) is 11.4 Å². The number of carboxylic acid groups (broad SMARTS) is 1. The zero-order chi connectivity index (χ0) is 27.8. The Morgan fingerprint density at radius 1 is 1.10 bits per heavy atom. The van der Waals surface area contributed by atoms with Crippen LogP contribution in [0.4, 0.5) is 10.2 Å². The molecule has 3 aliphatic carbocycles. The average molecular weight is 563 g/mol. The standard InChI is InChI=1S/C29H28ClFN6O3/c30-18-11-19-20(13-33-25(19)32-12-18)26-34-14-21(31)27(37-26)36-24-17-8-6-16(7-9-17)23(24)28(38)35-22(29(39)40)10-15-4-2-1-3-5-15/h1-5,11-14,16-17,22-24H,6-10H2,(H,32,33)(H,35,38)(H,39,40)(H,34,36,37)/t16?,17?,22-,23-,24-/m0/s1. The number of fused-ring (bicyclic) bond motifs is 4. The molecule has 3 fully saturated rings. The second-order valence-electron chi connectivity index (χ2n) is 10.6. The van der Waals surface area contributed by atoms with E-state index >= 15 is 4.39 Å². The van der Waals surface area contributed by atoms with Crippen molar-refractivity contribution in [1.82, 2.24) is 25.3 Å². The van der Waals surface area contributed by atoms with Gasteiger partial charge in [0.2, 0.25) is 5.91 Å². The molecular formula is C29H28ClFN6O3.